The van der Waals surface area contributed by atoms with E-state index in [9.17, 15) is 9.59 Å². The average Bonchev–Trinajstić information content (AvgIpc) is 2.60. The van der Waals surface area contributed by atoms with Crippen molar-refractivity contribution in [2.75, 3.05) is 6.54 Å². The predicted octanol–water partition coefficient (Wildman–Crippen LogP) is 2.43. The highest BCUT2D eigenvalue weighted by molar-refractivity contribution is 6.30. The van der Waals surface area contributed by atoms with Gasteiger partial charge in [0.05, 0.1) is 6.54 Å². The second kappa shape index (κ2) is 8.76. The lowest BCUT2D eigenvalue weighted by molar-refractivity contribution is -0.122. The molecule has 0 bridgehead atoms. The third kappa shape index (κ3) is 5.15. The molecular formula is C19H17ClN2O2. The number of amides is 2. The Labute approximate surface area is 146 Å². The van der Waals surface area contributed by atoms with E-state index in [0.29, 0.717) is 17.0 Å². The molecule has 0 spiro atoms. The maximum Gasteiger partial charge on any atom is 0.251 e. The third-order valence-electron chi connectivity index (χ3n) is 3.38. The summed E-state index contributed by atoms with van der Waals surface area (Å²) in [5.74, 6) is 1.68. The molecule has 1 atom stereocenters. The lowest BCUT2D eigenvalue weighted by Crippen LogP contribution is -2.48. The Morgan fingerprint density at radius 1 is 1.08 bits per heavy atom. The van der Waals surface area contributed by atoms with Crippen molar-refractivity contribution in [2.45, 2.75) is 12.5 Å². The van der Waals surface area contributed by atoms with Gasteiger partial charge in [-0.25, -0.2) is 0 Å². The van der Waals surface area contributed by atoms with Crippen LogP contribution < -0.4 is 10.6 Å². The van der Waals surface area contributed by atoms with Gasteiger partial charge in [-0.2, -0.15) is 0 Å². The highest BCUT2D eigenvalue weighted by Gasteiger charge is 2.21. The minimum absolute atomic E-state index is 0.112. The van der Waals surface area contributed by atoms with Crippen LogP contribution in [0.3, 0.4) is 0 Å². The van der Waals surface area contributed by atoms with Gasteiger partial charge in [0.15, 0.2) is 0 Å². The Bertz CT molecular complexity index is 736. The van der Waals surface area contributed by atoms with Gasteiger partial charge in [0, 0.05) is 17.0 Å². The smallest absolute Gasteiger partial charge is 0.251 e. The Balaban J connectivity index is 2.12. The molecule has 0 aromatic heterocycles. The quantitative estimate of drug-likeness (QED) is 0.793. The number of carbonyl (C=O) groups excluding carboxylic acids is 2. The molecular weight excluding hydrogens is 324 g/mol. The number of terminal acetylenes is 1. The fourth-order valence-electron chi connectivity index (χ4n) is 2.16. The molecule has 0 heterocycles. The molecule has 0 saturated carbocycles. The van der Waals surface area contributed by atoms with Gasteiger partial charge in [-0.05, 0) is 29.8 Å². The molecule has 24 heavy (non-hydrogen) atoms. The maximum absolute atomic E-state index is 12.4. The van der Waals surface area contributed by atoms with Crippen LogP contribution in [0.15, 0.2) is 54.6 Å². The van der Waals surface area contributed by atoms with Crippen molar-refractivity contribution in [3.8, 4) is 12.3 Å². The van der Waals surface area contributed by atoms with Gasteiger partial charge in [0.1, 0.15) is 6.04 Å². The molecule has 4 nitrogen and oxygen atoms in total. The van der Waals surface area contributed by atoms with Crippen molar-refractivity contribution in [1.82, 2.24) is 10.6 Å². The number of benzene rings is 2. The topological polar surface area (TPSA) is 58.2 Å². The number of hydrogen-bond donors (Lipinski definition) is 2. The lowest BCUT2D eigenvalue weighted by Gasteiger charge is -2.18. The van der Waals surface area contributed by atoms with E-state index >= 15 is 0 Å². The first-order chi connectivity index (χ1) is 11.6. The van der Waals surface area contributed by atoms with Crippen LogP contribution in [0.1, 0.15) is 15.9 Å². The second-order valence-electron chi connectivity index (χ2n) is 5.14. The van der Waals surface area contributed by atoms with Crippen LogP contribution in [0.2, 0.25) is 5.02 Å². The van der Waals surface area contributed by atoms with E-state index in [-0.39, 0.29) is 18.4 Å². The van der Waals surface area contributed by atoms with Gasteiger partial charge in [0.25, 0.3) is 5.91 Å². The largest absolute Gasteiger partial charge is 0.343 e. The summed E-state index contributed by atoms with van der Waals surface area (Å²) >= 11 is 5.82. The van der Waals surface area contributed by atoms with E-state index in [0.717, 1.165) is 5.56 Å². The molecule has 122 valence electrons. The van der Waals surface area contributed by atoms with Crippen LogP contribution >= 0.6 is 11.6 Å². The minimum atomic E-state index is -0.719. The van der Waals surface area contributed by atoms with Crippen LogP contribution in [-0.2, 0) is 11.2 Å². The predicted molar refractivity (Wildman–Crippen MR) is 94.7 cm³/mol. The number of halogens is 1. The Kier molecular flexibility index (Phi) is 6.41. The van der Waals surface area contributed by atoms with Crippen molar-refractivity contribution < 1.29 is 9.59 Å². The standard InChI is InChI=1S/C19H17ClN2O2/c1-2-12-21-19(24)17(13-14-6-4-3-5-7-14)22-18(23)15-8-10-16(20)11-9-15/h1,3-11,17H,12-13H2,(H,21,24)(H,22,23). The summed E-state index contributed by atoms with van der Waals surface area (Å²) in [6, 6.07) is 15.2. The molecule has 2 amide bonds. The van der Waals surface area contributed by atoms with Gasteiger partial charge in [-0.1, -0.05) is 47.9 Å². The lowest BCUT2D eigenvalue weighted by atomic mass is 10.0. The molecule has 2 aromatic carbocycles. The summed E-state index contributed by atoms with van der Waals surface area (Å²) < 4.78 is 0. The van der Waals surface area contributed by atoms with Crippen LogP contribution in [0.25, 0.3) is 0 Å². The van der Waals surface area contributed by atoms with Crippen molar-refractivity contribution in [3.63, 3.8) is 0 Å². The zero-order chi connectivity index (χ0) is 17.4. The van der Waals surface area contributed by atoms with E-state index in [1.807, 2.05) is 30.3 Å². The zero-order valence-corrected chi connectivity index (χ0v) is 13.7. The van der Waals surface area contributed by atoms with Gasteiger partial charge in [-0.15, -0.1) is 6.42 Å². The molecule has 0 fully saturated rings. The Morgan fingerprint density at radius 3 is 2.38 bits per heavy atom. The summed E-state index contributed by atoms with van der Waals surface area (Å²) in [6.45, 7) is 0.112. The molecule has 0 radical (unpaired) electrons. The SMILES string of the molecule is C#CCNC(=O)C(Cc1ccccc1)NC(=O)c1ccc(Cl)cc1. The molecule has 1 unspecified atom stereocenters. The molecule has 0 aliphatic rings. The van der Waals surface area contributed by atoms with E-state index < -0.39 is 6.04 Å². The van der Waals surface area contributed by atoms with Crippen LogP contribution in [0.5, 0.6) is 0 Å². The first kappa shape index (κ1) is 17.6. The molecule has 2 aromatic rings. The molecule has 0 aliphatic carbocycles. The second-order valence-corrected chi connectivity index (χ2v) is 5.58. The molecule has 0 aliphatic heterocycles. The highest BCUT2D eigenvalue weighted by Crippen LogP contribution is 2.10. The number of carbonyl (C=O) groups is 2. The monoisotopic (exact) mass is 340 g/mol. The fraction of sp³-hybridized carbons (Fsp3) is 0.158. The summed E-state index contributed by atoms with van der Waals surface area (Å²) in [5, 5.41) is 5.90. The molecule has 2 rings (SSSR count). The van der Waals surface area contributed by atoms with Crippen molar-refractivity contribution >= 4 is 23.4 Å². The summed E-state index contributed by atoms with van der Waals surface area (Å²) in [7, 11) is 0. The van der Waals surface area contributed by atoms with E-state index in [2.05, 4.69) is 16.6 Å². The highest BCUT2D eigenvalue weighted by atomic mass is 35.5. The molecule has 5 heteroatoms. The molecule has 2 N–H and O–H groups in total. The number of nitrogens with one attached hydrogen (secondary N) is 2. The number of hydrogen-bond acceptors (Lipinski definition) is 2. The normalized spacial score (nSPS) is 11.2. The van der Waals surface area contributed by atoms with Gasteiger partial charge in [-0.3, -0.25) is 9.59 Å². The van der Waals surface area contributed by atoms with E-state index in [1.165, 1.54) is 0 Å². The van der Waals surface area contributed by atoms with Gasteiger partial charge in [0.2, 0.25) is 5.91 Å². The van der Waals surface area contributed by atoms with Gasteiger partial charge >= 0.3 is 0 Å². The van der Waals surface area contributed by atoms with Crippen LogP contribution in [-0.4, -0.2) is 24.4 Å². The third-order valence-corrected chi connectivity index (χ3v) is 3.63. The zero-order valence-electron chi connectivity index (χ0n) is 13.0. The number of rotatable bonds is 6. The van der Waals surface area contributed by atoms with Crippen molar-refractivity contribution in [1.29, 1.82) is 0 Å². The average molecular weight is 341 g/mol. The first-order valence-corrected chi connectivity index (χ1v) is 7.79. The fourth-order valence-corrected chi connectivity index (χ4v) is 2.29. The summed E-state index contributed by atoms with van der Waals surface area (Å²) in [4.78, 5) is 24.6. The van der Waals surface area contributed by atoms with Crippen molar-refractivity contribution in [2.24, 2.45) is 0 Å². The Hall–Kier alpha value is -2.77. The summed E-state index contributed by atoms with van der Waals surface area (Å²) in [5.41, 5.74) is 1.37. The summed E-state index contributed by atoms with van der Waals surface area (Å²) in [6.07, 6.45) is 5.54. The maximum atomic E-state index is 12.4. The van der Waals surface area contributed by atoms with Crippen LogP contribution in [0.4, 0.5) is 0 Å². The first-order valence-electron chi connectivity index (χ1n) is 7.41. The molecule has 0 saturated heterocycles. The minimum Gasteiger partial charge on any atom is -0.343 e. The van der Waals surface area contributed by atoms with Gasteiger partial charge < -0.3 is 10.6 Å². The van der Waals surface area contributed by atoms with Crippen LogP contribution in [0, 0.1) is 12.3 Å². The van der Waals surface area contributed by atoms with E-state index in [1.54, 1.807) is 24.3 Å². The van der Waals surface area contributed by atoms with E-state index in [4.69, 9.17) is 18.0 Å². The Morgan fingerprint density at radius 2 is 1.75 bits per heavy atom. The van der Waals surface area contributed by atoms with Crippen molar-refractivity contribution in [3.05, 3.63) is 70.7 Å².